The number of hydrogen-bond donors (Lipinski definition) is 2. The lowest BCUT2D eigenvalue weighted by Crippen LogP contribution is -2.17. The van der Waals surface area contributed by atoms with Crippen molar-refractivity contribution in [3.05, 3.63) is 17.8 Å². The van der Waals surface area contributed by atoms with Crippen molar-refractivity contribution in [3.63, 3.8) is 0 Å². The summed E-state index contributed by atoms with van der Waals surface area (Å²) in [5.74, 6) is 1.55. The average Bonchev–Trinajstić information content (AvgIpc) is 2.19. The second-order valence-corrected chi connectivity index (χ2v) is 4.97. The minimum Gasteiger partial charge on any atom is -0.396 e. The largest absolute Gasteiger partial charge is 0.396 e. The van der Waals surface area contributed by atoms with E-state index < -0.39 is 0 Å². The molecule has 16 heavy (non-hydrogen) atoms. The highest BCUT2D eigenvalue weighted by molar-refractivity contribution is 5.61. The maximum atomic E-state index is 5.90. The molecular weight excluding hydrogens is 198 g/mol. The molecule has 0 fully saturated rings. The van der Waals surface area contributed by atoms with Gasteiger partial charge in [-0.05, 0) is 44.2 Å². The van der Waals surface area contributed by atoms with E-state index in [1.807, 2.05) is 19.2 Å². The van der Waals surface area contributed by atoms with Crippen molar-refractivity contribution in [2.24, 2.45) is 5.92 Å². The minimum atomic E-state index is 0.417. The van der Waals surface area contributed by atoms with Gasteiger partial charge in [0.15, 0.2) is 0 Å². The number of nitrogen functional groups attached to an aromatic ring is 1. The molecule has 0 aliphatic heterocycles. The van der Waals surface area contributed by atoms with Gasteiger partial charge in [-0.25, -0.2) is 4.98 Å². The second-order valence-electron chi connectivity index (χ2n) is 4.97. The second kappa shape index (κ2) is 5.73. The number of aromatic nitrogens is 1. The third-order valence-electron chi connectivity index (χ3n) is 2.61. The fraction of sp³-hybridized carbons (Fsp3) is 0.615. The van der Waals surface area contributed by atoms with Crippen LogP contribution in [0.4, 0.5) is 11.5 Å². The topological polar surface area (TPSA) is 50.9 Å². The Kier molecular flexibility index (Phi) is 4.59. The Morgan fingerprint density at radius 1 is 1.31 bits per heavy atom. The van der Waals surface area contributed by atoms with E-state index >= 15 is 0 Å². The van der Waals surface area contributed by atoms with Gasteiger partial charge in [0, 0.05) is 12.2 Å². The first-order valence-electron chi connectivity index (χ1n) is 5.97. The van der Waals surface area contributed by atoms with Crippen molar-refractivity contribution >= 4 is 11.5 Å². The van der Waals surface area contributed by atoms with Crippen molar-refractivity contribution < 1.29 is 0 Å². The van der Waals surface area contributed by atoms with Gasteiger partial charge in [0.2, 0.25) is 0 Å². The summed E-state index contributed by atoms with van der Waals surface area (Å²) >= 11 is 0. The van der Waals surface area contributed by atoms with Crippen molar-refractivity contribution in [2.45, 2.75) is 46.6 Å². The lowest BCUT2D eigenvalue weighted by Gasteiger charge is -2.17. The van der Waals surface area contributed by atoms with E-state index in [1.165, 1.54) is 6.42 Å². The van der Waals surface area contributed by atoms with Gasteiger partial charge in [-0.15, -0.1) is 0 Å². The first-order chi connectivity index (χ1) is 7.49. The third kappa shape index (κ3) is 4.09. The highest BCUT2D eigenvalue weighted by Gasteiger charge is 2.06. The molecular formula is C13H23N3. The predicted molar refractivity (Wildman–Crippen MR) is 70.5 cm³/mol. The number of nitrogens with zero attached hydrogens (tertiary/aromatic N) is 1. The highest BCUT2D eigenvalue weighted by Crippen LogP contribution is 2.18. The Morgan fingerprint density at radius 2 is 2.00 bits per heavy atom. The van der Waals surface area contributed by atoms with Crippen molar-refractivity contribution in [3.8, 4) is 0 Å². The summed E-state index contributed by atoms with van der Waals surface area (Å²) < 4.78 is 0. The maximum Gasteiger partial charge on any atom is 0.149 e. The SMILES string of the molecule is Cc1cnc(NC(C)CCC(C)C)c(N)c1. The Hall–Kier alpha value is -1.25. The molecule has 0 saturated carbocycles. The van der Waals surface area contributed by atoms with Gasteiger partial charge >= 0.3 is 0 Å². The van der Waals surface area contributed by atoms with Crippen molar-refractivity contribution in [2.75, 3.05) is 11.1 Å². The lowest BCUT2D eigenvalue weighted by molar-refractivity contribution is 0.527. The summed E-state index contributed by atoms with van der Waals surface area (Å²) in [6.07, 6.45) is 4.21. The first kappa shape index (κ1) is 12.8. The average molecular weight is 221 g/mol. The summed E-state index contributed by atoms with van der Waals surface area (Å²) in [5.41, 5.74) is 7.73. The third-order valence-corrected chi connectivity index (χ3v) is 2.61. The van der Waals surface area contributed by atoms with Gasteiger partial charge in [0.05, 0.1) is 5.69 Å². The summed E-state index contributed by atoms with van der Waals surface area (Å²) in [4.78, 5) is 4.31. The van der Waals surface area contributed by atoms with E-state index in [2.05, 4.69) is 31.1 Å². The van der Waals surface area contributed by atoms with Crippen LogP contribution in [0.2, 0.25) is 0 Å². The predicted octanol–water partition coefficient (Wildman–Crippen LogP) is 3.21. The summed E-state index contributed by atoms with van der Waals surface area (Å²) in [6, 6.07) is 2.37. The van der Waals surface area contributed by atoms with Crippen molar-refractivity contribution in [1.82, 2.24) is 4.98 Å². The van der Waals surface area contributed by atoms with Gasteiger partial charge in [0.1, 0.15) is 5.82 Å². The molecule has 0 saturated heterocycles. The van der Waals surface area contributed by atoms with Gasteiger partial charge in [0.25, 0.3) is 0 Å². The van der Waals surface area contributed by atoms with E-state index in [9.17, 15) is 0 Å². The van der Waals surface area contributed by atoms with Crippen LogP contribution in [-0.2, 0) is 0 Å². The fourth-order valence-electron chi connectivity index (χ4n) is 1.60. The van der Waals surface area contributed by atoms with Crippen LogP contribution in [0.3, 0.4) is 0 Å². The molecule has 3 heteroatoms. The molecule has 1 atom stereocenters. The van der Waals surface area contributed by atoms with E-state index in [-0.39, 0.29) is 0 Å². The number of rotatable bonds is 5. The number of nitrogens with two attached hydrogens (primary N) is 1. The van der Waals surface area contributed by atoms with E-state index in [4.69, 9.17) is 5.73 Å². The van der Waals surface area contributed by atoms with Crippen LogP contribution in [0.5, 0.6) is 0 Å². The van der Waals surface area contributed by atoms with Crippen LogP contribution in [0.25, 0.3) is 0 Å². The van der Waals surface area contributed by atoms with Crippen LogP contribution in [0.1, 0.15) is 39.2 Å². The molecule has 0 aromatic carbocycles. The highest BCUT2D eigenvalue weighted by atomic mass is 15.0. The monoisotopic (exact) mass is 221 g/mol. The molecule has 1 unspecified atom stereocenters. The fourth-order valence-corrected chi connectivity index (χ4v) is 1.60. The van der Waals surface area contributed by atoms with Crippen LogP contribution in [-0.4, -0.2) is 11.0 Å². The quantitative estimate of drug-likeness (QED) is 0.802. The first-order valence-corrected chi connectivity index (χ1v) is 5.97. The zero-order chi connectivity index (χ0) is 12.1. The number of aryl methyl sites for hydroxylation is 1. The molecule has 0 aliphatic carbocycles. The molecule has 1 aromatic heterocycles. The van der Waals surface area contributed by atoms with E-state index in [0.717, 1.165) is 29.4 Å². The molecule has 3 N–H and O–H groups in total. The van der Waals surface area contributed by atoms with Gasteiger partial charge in [-0.3, -0.25) is 0 Å². The Morgan fingerprint density at radius 3 is 2.56 bits per heavy atom. The minimum absolute atomic E-state index is 0.417. The zero-order valence-electron chi connectivity index (χ0n) is 10.7. The van der Waals surface area contributed by atoms with E-state index in [0.29, 0.717) is 6.04 Å². The molecule has 0 aliphatic rings. The molecule has 1 rings (SSSR count). The molecule has 0 radical (unpaired) electrons. The summed E-state index contributed by atoms with van der Waals surface area (Å²) in [5, 5.41) is 3.36. The zero-order valence-corrected chi connectivity index (χ0v) is 10.7. The summed E-state index contributed by atoms with van der Waals surface area (Å²) in [6.45, 7) is 8.65. The molecule has 0 spiro atoms. The molecule has 0 bridgehead atoms. The lowest BCUT2D eigenvalue weighted by atomic mass is 10.0. The Bertz CT molecular complexity index is 334. The summed E-state index contributed by atoms with van der Waals surface area (Å²) in [7, 11) is 0. The molecule has 90 valence electrons. The normalized spacial score (nSPS) is 12.8. The van der Waals surface area contributed by atoms with Crippen LogP contribution in [0, 0.1) is 12.8 Å². The molecule has 0 amide bonds. The molecule has 1 aromatic rings. The number of nitrogens with one attached hydrogen (secondary N) is 1. The Balaban J connectivity index is 2.52. The molecule has 1 heterocycles. The van der Waals surface area contributed by atoms with E-state index in [1.54, 1.807) is 0 Å². The van der Waals surface area contributed by atoms with Crippen molar-refractivity contribution in [1.29, 1.82) is 0 Å². The van der Waals surface area contributed by atoms with Gasteiger partial charge in [-0.1, -0.05) is 13.8 Å². The Labute approximate surface area is 98.5 Å². The van der Waals surface area contributed by atoms with Crippen LogP contribution >= 0.6 is 0 Å². The number of anilines is 2. The number of pyridine rings is 1. The van der Waals surface area contributed by atoms with Crippen LogP contribution < -0.4 is 11.1 Å². The van der Waals surface area contributed by atoms with Gasteiger partial charge in [-0.2, -0.15) is 0 Å². The number of hydrogen-bond acceptors (Lipinski definition) is 3. The smallest absolute Gasteiger partial charge is 0.149 e. The van der Waals surface area contributed by atoms with Crippen LogP contribution in [0.15, 0.2) is 12.3 Å². The standard InChI is InChI=1S/C13H23N3/c1-9(2)5-6-11(4)16-13-12(14)7-10(3)8-15-13/h7-9,11H,5-6,14H2,1-4H3,(H,15,16). The van der Waals surface area contributed by atoms with Gasteiger partial charge < -0.3 is 11.1 Å². The molecule has 3 nitrogen and oxygen atoms in total. The maximum absolute atomic E-state index is 5.90.